The summed E-state index contributed by atoms with van der Waals surface area (Å²) < 4.78 is 16.7. The van der Waals surface area contributed by atoms with Gasteiger partial charge in [-0.25, -0.2) is 0 Å². The lowest BCUT2D eigenvalue weighted by Gasteiger charge is -2.45. The number of carbonyl (C=O) groups is 1. The van der Waals surface area contributed by atoms with Crippen molar-refractivity contribution < 1.29 is 34.3 Å². The molecule has 2 aromatic rings. The molecule has 3 heterocycles. The number of hydrogen-bond donors (Lipinski definition) is 3. The molecule has 2 aliphatic rings. The Balaban J connectivity index is 1.58. The quantitative estimate of drug-likeness (QED) is 0.578. The number of fused-ring (bicyclic) bond motifs is 2. The summed E-state index contributed by atoms with van der Waals surface area (Å²) in [6.07, 6.45) is -3.55. The number of hydrogen-bond acceptors (Lipinski definition) is 8. The zero-order valence-corrected chi connectivity index (χ0v) is 18.8. The number of ether oxygens (including phenoxy) is 3. The van der Waals surface area contributed by atoms with Crippen molar-refractivity contribution in [1.29, 1.82) is 0 Å². The molecule has 0 bridgehead atoms. The molecule has 4 rings (SSSR count). The molecule has 1 aromatic carbocycles. The van der Waals surface area contributed by atoms with Crippen molar-refractivity contribution in [3.05, 3.63) is 55.7 Å². The second-order valence-corrected chi connectivity index (χ2v) is 9.60. The Morgan fingerprint density at radius 2 is 2.00 bits per heavy atom. The zero-order chi connectivity index (χ0) is 22.3. The average molecular weight is 469 g/mol. The summed E-state index contributed by atoms with van der Waals surface area (Å²) in [6, 6.07) is 7.66. The highest BCUT2D eigenvalue weighted by molar-refractivity contribution is 7.12. The van der Waals surface area contributed by atoms with E-state index in [2.05, 4.69) is 0 Å². The van der Waals surface area contributed by atoms with E-state index in [4.69, 9.17) is 25.8 Å². The van der Waals surface area contributed by atoms with E-state index < -0.39 is 30.2 Å². The predicted octanol–water partition coefficient (Wildman–Crippen LogP) is 2.28. The van der Waals surface area contributed by atoms with Crippen molar-refractivity contribution in [1.82, 2.24) is 0 Å². The van der Waals surface area contributed by atoms with Crippen LogP contribution in [0.25, 0.3) is 0 Å². The fourth-order valence-electron chi connectivity index (χ4n) is 4.08. The molecule has 2 aliphatic heterocycles. The standard InChI is InChI=1S/C22H25ClO7S/c1-11-19(25)20(26)21(27)22(30-11)17-8-13(18(23)9-14(17)10-29-22)7-16-4-3-15(31-16)5-6-28-12(2)24/h3-4,8-9,11,19-21,25-27H,5-7,10H2,1-2H3/t11-,19-,20+,21-,22+/m1/s1. The number of rotatable bonds is 5. The minimum absolute atomic E-state index is 0.182. The van der Waals surface area contributed by atoms with Crippen molar-refractivity contribution in [2.75, 3.05) is 6.61 Å². The van der Waals surface area contributed by atoms with E-state index in [0.29, 0.717) is 30.0 Å². The zero-order valence-electron chi connectivity index (χ0n) is 17.2. The van der Waals surface area contributed by atoms with Crippen molar-refractivity contribution in [3.63, 3.8) is 0 Å². The molecule has 0 amide bonds. The first kappa shape index (κ1) is 22.7. The molecule has 7 nitrogen and oxygen atoms in total. The van der Waals surface area contributed by atoms with Gasteiger partial charge in [-0.3, -0.25) is 4.79 Å². The Morgan fingerprint density at radius 1 is 1.26 bits per heavy atom. The van der Waals surface area contributed by atoms with E-state index >= 15 is 0 Å². The lowest BCUT2D eigenvalue weighted by Crippen LogP contribution is -2.62. The van der Waals surface area contributed by atoms with E-state index in [1.807, 2.05) is 18.2 Å². The Bertz CT molecular complexity index is 977. The van der Waals surface area contributed by atoms with Gasteiger partial charge in [0.1, 0.15) is 18.3 Å². The van der Waals surface area contributed by atoms with Crippen LogP contribution in [0.2, 0.25) is 5.02 Å². The van der Waals surface area contributed by atoms with Gasteiger partial charge in [-0.1, -0.05) is 11.6 Å². The van der Waals surface area contributed by atoms with Crippen molar-refractivity contribution in [2.45, 2.75) is 63.5 Å². The first-order valence-electron chi connectivity index (χ1n) is 10.1. The van der Waals surface area contributed by atoms with Gasteiger partial charge in [0.25, 0.3) is 0 Å². The summed E-state index contributed by atoms with van der Waals surface area (Å²) in [4.78, 5) is 13.1. The lowest BCUT2D eigenvalue weighted by molar-refractivity contribution is -0.362. The molecule has 0 aliphatic carbocycles. The van der Waals surface area contributed by atoms with Crippen LogP contribution in [0.4, 0.5) is 0 Å². The van der Waals surface area contributed by atoms with Crippen LogP contribution in [0.5, 0.6) is 0 Å². The molecule has 0 radical (unpaired) electrons. The first-order valence-corrected chi connectivity index (χ1v) is 11.3. The van der Waals surface area contributed by atoms with Crippen LogP contribution in [0, 0.1) is 0 Å². The van der Waals surface area contributed by atoms with Gasteiger partial charge in [0.05, 0.1) is 19.3 Å². The van der Waals surface area contributed by atoms with Crippen LogP contribution in [0.3, 0.4) is 0 Å². The van der Waals surface area contributed by atoms with Crippen molar-refractivity contribution in [2.24, 2.45) is 0 Å². The summed E-state index contributed by atoms with van der Waals surface area (Å²) in [5, 5.41) is 31.7. The maximum absolute atomic E-state index is 10.9. The van der Waals surface area contributed by atoms with Gasteiger partial charge in [-0.05, 0) is 42.3 Å². The highest BCUT2D eigenvalue weighted by atomic mass is 35.5. The van der Waals surface area contributed by atoms with E-state index in [1.54, 1.807) is 24.3 Å². The van der Waals surface area contributed by atoms with Crippen LogP contribution in [-0.2, 0) is 44.2 Å². The lowest BCUT2D eigenvalue weighted by atomic mass is 9.87. The van der Waals surface area contributed by atoms with Gasteiger partial charge in [-0.2, -0.15) is 0 Å². The molecule has 31 heavy (non-hydrogen) atoms. The van der Waals surface area contributed by atoms with Crippen LogP contribution in [0.15, 0.2) is 24.3 Å². The average Bonchev–Trinajstić information content (AvgIpc) is 3.30. The fraction of sp³-hybridized carbons (Fsp3) is 0.500. The maximum atomic E-state index is 10.9. The van der Waals surface area contributed by atoms with Gasteiger partial charge in [0.15, 0.2) is 0 Å². The minimum atomic E-state index is -1.54. The molecule has 1 aromatic heterocycles. The summed E-state index contributed by atoms with van der Waals surface area (Å²) >= 11 is 8.14. The number of carbonyl (C=O) groups excluding carboxylic acids is 1. The smallest absolute Gasteiger partial charge is 0.302 e. The Labute approximate surface area is 189 Å². The summed E-state index contributed by atoms with van der Waals surface area (Å²) in [5.74, 6) is -1.84. The van der Waals surface area contributed by atoms with E-state index in [0.717, 1.165) is 20.9 Å². The third-order valence-corrected chi connectivity index (χ3v) is 7.23. The van der Waals surface area contributed by atoms with Gasteiger partial charge < -0.3 is 29.5 Å². The molecule has 1 saturated heterocycles. The second-order valence-electron chi connectivity index (χ2n) is 7.94. The maximum Gasteiger partial charge on any atom is 0.302 e. The molecule has 3 N–H and O–H groups in total. The van der Waals surface area contributed by atoms with E-state index in [-0.39, 0.29) is 12.6 Å². The number of halogens is 1. The van der Waals surface area contributed by atoms with Crippen molar-refractivity contribution >= 4 is 28.9 Å². The van der Waals surface area contributed by atoms with Gasteiger partial charge in [0, 0.05) is 40.1 Å². The molecule has 5 atom stereocenters. The third kappa shape index (κ3) is 4.26. The SMILES string of the molecule is CC(=O)OCCc1ccc(Cc2cc3c(cc2Cl)CO[C@]32O[C@H](C)[C@@H](O)[C@H](O)[C@H]2O)s1. The molecule has 0 saturated carbocycles. The summed E-state index contributed by atoms with van der Waals surface area (Å²) in [5.41, 5.74) is 2.23. The number of aliphatic hydroxyl groups is 3. The number of aliphatic hydroxyl groups excluding tert-OH is 3. The summed E-state index contributed by atoms with van der Waals surface area (Å²) in [6.45, 7) is 3.54. The topological polar surface area (TPSA) is 105 Å². The number of esters is 1. The third-order valence-electron chi connectivity index (χ3n) is 5.73. The molecular formula is C22H25ClO7S. The molecule has 1 spiro atoms. The Morgan fingerprint density at radius 3 is 2.74 bits per heavy atom. The Kier molecular flexibility index (Phi) is 6.42. The number of thiophene rings is 1. The number of benzene rings is 1. The normalized spacial score (nSPS) is 29.9. The first-order chi connectivity index (χ1) is 14.7. The second kappa shape index (κ2) is 8.78. The van der Waals surface area contributed by atoms with Crippen LogP contribution in [-0.4, -0.2) is 52.3 Å². The summed E-state index contributed by atoms with van der Waals surface area (Å²) in [7, 11) is 0. The molecule has 168 valence electrons. The van der Waals surface area contributed by atoms with Crippen LogP contribution >= 0.6 is 22.9 Å². The molecule has 1 fully saturated rings. The minimum Gasteiger partial charge on any atom is -0.465 e. The highest BCUT2D eigenvalue weighted by Gasteiger charge is 2.57. The van der Waals surface area contributed by atoms with E-state index in [9.17, 15) is 20.1 Å². The highest BCUT2D eigenvalue weighted by Crippen LogP contribution is 2.47. The molecule has 9 heteroatoms. The van der Waals surface area contributed by atoms with Crippen molar-refractivity contribution in [3.8, 4) is 0 Å². The van der Waals surface area contributed by atoms with E-state index in [1.165, 1.54) is 6.92 Å². The van der Waals surface area contributed by atoms with Crippen LogP contribution in [0.1, 0.15) is 40.3 Å². The fourth-order valence-corrected chi connectivity index (χ4v) is 5.36. The van der Waals surface area contributed by atoms with Gasteiger partial charge in [-0.15, -0.1) is 11.3 Å². The Hall–Kier alpha value is -1.52. The predicted molar refractivity (Wildman–Crippen MR) is 114 cm³/mol. The monoisotopic (exact) mass is 468 g/mol. The molecular weight excluding hydrogens is 444 g/mol. The largest absolute Gasteiger partial charge is 0.465 e. The van der Waals surface area contributed by atoms with Crippen LogP contribution < -0.4 is 0 Å². The molecule has 0 unspecified atom stereocenters. The van der Waals surface area contributed by atoms with Gasteiger partial charge >= 0.3 is 5.97 Å². The van der Waals surface area contributed by atoms with Gasteiger partial charge in [0.2, 0.25) is 5.79 Å².